The molecule has 0 radical (unpaired) electrons. The molecule has 0 atom stereocenters. The minimum atomic E-state index is -0.185. The summed E-state index contributed by atoms with van der Waals surface area (Å²) in [5.74, 6) is 0.346. The van der Waals surface area contributed by atoms with Crippen molar-refractivity contribution in [2.75, 3.05) is 5.32 Å². The first kappa shape index (κ1) is 16.5. The summed E-state index contributed by atoms with van der Waals surface area (Å²) in [5, 5.41) is 5.73. The third-order valence-electron chi connectivity index (χ3n) is 4.17. The maximum Gasteiger partial charge on any atom is 0.257 e. The van der Waals surface area contributed by atoms with Crippen molar-refractivity contribution in [3.8, 4) is 10.6 Å². The molecule has 4 aromatic rings. The average Bonchev–Trinajstić information content (AvgIpc) is 3.31. The van der Waals surface area contributed by atoms with Crippen LogP contribution in [0, 0.1) is 0 Å². The smallest absolute Gasteiger partial charge is 0.257 e. The SMILES string of the molecule is CC(C)n1ccc2c(C(=O)Nc3ccccn3)cc(-c3cccs3)nc21. The highest BCUT2D eigenvalue weighted by Gasteiger charge is 2.18. The molecule has 0 saturated carbocycles. The van der Waals surface area contributed by atoms with Gasteiger partial charge in [0.05, 0.1) is 16.1 Å². The number of hydrogen-bond acceptors (Lipinski definition) is 4. The summed E-state index contributed by atoms with van der Waals surface area (Å²) in [7, 11) is 0. The highest BCUT2D eigenvalue weighted by Crippen LogP contribution is 2.30. The van der Waals surface area contributed by atoms with E-state index in [9.17, 15) is 4.79 Å². The van der Waals surface area contributed by atoms with E-state index >= 15 is 0 Å². The number of nitrogens with one attached hydrogen (secondary N) is 1. The van der Waals surface area contributed by atoms with Crippen LogP contribution in [-0.2, 0) is 0 Å². The molecule has 0 bridgehead atoms. The Kier molecular flexibility index (Phi) is 4.26. The van der Waals surface area contributed by atoms with Crippen LogP contribution in [0.15, 0.2) is 60.2 Å². The standard InChI is InChI=1S/C20H18N4OS/c1-13(2)24-10-8-14-15(20(25)23-18-7-3-4-9-21-18)12-16(22-19(14)24)17-6-5-11-26-17/h3-13H,1-2H3,(H,21,23,25). The van der Waals surface area contributed by atoms with Gasteiger partial charge in [0, 0.05) is 23.8 Å². The zero-order valence-corrected chi connectivity index (χ0v) is 15.3. The van der Waals surface area contributed by atoms with Gasteiger partial charge in [-0.05, 0) is 49.6 Å². The minimum absolute atomic E-state index is 0.185. The van der Waals surface area contributed by atoms with Crippen molar-refractivity contribution >= 4 is 34.1 Å². The zero-order valence-electron chi connectivity index (χ0n) is 14.5. The molecule has 0 aliphatic heterocycles. The Morgan fingerprint density at radius 1 is 1.19 bits per heavy atom. The van der Waals surface area contributed by atoms with Gasteiger partial charge in [-0.25, -0.2) is 9.97 Å². The van der Waals surface area contributed by atoms with Crippen molar-refractivity contribution in [1.29, 1.82) is 0 Å². The fourth-order valence-electron chi connectivity index (χ4n) is 2.90. The lowest BCUT2D eigenvalue weighted by atomic mass is 10.1. The largest absolute Gasteiger partial charge is 0.330 e. The number of thiophene rings is 1. The number of amides is 1. The van der Waals surface area contributed by atoms with Gasteiger partial charge in [-0.15, -0.1) is 11.3 Å². The van der Waals surface area contributed by atoms with Crippen LogP contribution in [0.1, 0.15) is 30.2 Å². The van der Waals surface area contributed by atoms with Crippen molar-refractivity contribution in [2.45, 2.75) is 19.9 Å². The first-order valence-corrected chi connectivity index (χ1v) is 9.29. The number of anilines is 1. The molecule has 1 amide bonds. The van der Waals surface area contributed by atoms with Crippen LogP contribution < -0.4 is 5.32 Å². The summed E-state index contributed by atoms with van der Waals surface area (Å²) in [4.78, 5) is 23.0. The molecule has 4 heterocycles. The summed E-state index contributed by atoms with van der Waals surface area (Å²) < 4.78 is 2.09. The van der Waals surface area contributed by atoms with Crippen molar-refractivity contribution < 1.29 is 4.79 Å². The molecule has 0 fully saturated rings. The van der Waals surface area contributed by atoms with E-state index < -0.39 is 0 Å². The summed E-state index contributed by atoms with van der Waals surface area (Å²) in [6.45, 7) is 4.21. The van der Waals surface area contributed by atoms with Gasteiger partial charge in [0.2, 0.25) is 0 Å². The van der Waals surface area contributed by atoms with Gasteiger partial charge in [-0.2, -0.15) is 0 Å². The Bertz CT molecular complexity index is 1050. The average molecular weight is 362 g/mol. The molecular formula is C20H18N4OS. The van der Waals surface area contributed by atoms with E-state index in [1.165, 1.54) is 0 Å². The van der Waals surface area contributed by atoms with E-state index in [4.69, 9.17) is 4.98 Å². The second kappa shape index (κ2) is 6.72. The molecule has 0 aliphatic rings. The van der Waals surface area contributed by atoms with Crippen LogP contribution >= 0.6 is 11.3 Å². The highest BCUT2D eigenvalue weighted by molar-refractivity contribution is 7.13. The van der Waals surface area contributed by atoms with Crippen LogP contribution in [-0.4, -0.2) is 20.4 Å². The molecule has 130 valence electrons. The highest BCUT2D eigenvalue weighted by atomic mass is 32.1. The van der Waals surface area contributed by atoms with E-state index in [-0.39, 0.29) is 11.9 Å². The number of carbonyl (C=O) groups excluding carboxylic acids is 1. The fourth-order valence-corrected chi connectivity index (χ4v) is 3.59. The van der Waals surface area contributed by atoms with E-state index in [1.54, 1.807) is 23.6 Å². The third-order valence-corrected chi connectivity index (χ3v) is 5.06. The lowest BCUT2D eigenvalue weighted by Crippen LogP contribution is -2.14. The Balaban J connectivity index is 1.85. The fraction of sp³-hybridized carbons (Fsp3) is 0.150. The molecule has 1 N–H and O–H groups in total. The summed E-state index contributed by atoms with van der Waals surface area (Å²) in [5.41, 5.74) is 2.22. The van der Waals surface area contributed by atoms with Crippen LogP contribution in [0.3, 0.4) is 0 Å². The number of nitrogens with zero attached hydrogens (tertiary/aromatic N) is 3. The molecular weight excluding hydrogens is 344 g/mol. The van der Waals surface area contributed by atoms with Gasteiger partial charge in [0.1, 0.15) is 11.5 Å². The molecule has 4 rings (SSSR count). The Morgan fingerprint density at radius 3 is 2.77 bits per heavy atom. The molecule has 5 nitrogen and oxygen atoms in total. The van der Waals surface area contributed by atoms with Crippen LogP contribution in [0.5, 0.6) is 0 Å². The number of rotatable bonds is 4. The third kappa shape index (κ3) is 2.99. The van der Waals surface area contributed by atoms with Gasteiger partial charge in [0.15, 0.2) is 0 Å². The lowest BCUT2D eigenvalue weighted by molar-refractivity contribution is 0.102. The molecule has 26 heavy (non-hydrogen) atoms. The number of hydrogen-bond donors (Lipinski definition) is 1. The maximum absolute atomic E-state index is 12.9. The van der Waals surface area contributed by atoms with Gasteiger partial charge >= 0.3 is 0 Å². The number of carbonyl (C=O) groups is 1. The topological polar surface area (TPSA) is 59.8 Å². The summed E-state index contributed by atoms with van der Waals surface area (Å²) in [6, 6.07) is 13.5. The van der Waals surface area contributed by atoms with E-state index in [0.717, 1.165) is 21.6 Å². The number of aromatic nitrogens is 3. The summed E-state index contributed by atoms with van der Waals surface area (Å²) in [6.07, 6.45) is 3.64. The van der Waals surface area contributed by atoms with Crippen LogP contribution in [0.25, 0.3) is 21.6 Å². The van der Waals surface area contributed by atoms with Crippen molar-refractivity contribution in [3.05, 3.63) is 65.8 Å². The van der Waals surface area contributed by atoms with Crippen LogP contribution in [0.2, 0.25) is 0 Å². The van der Waals surface area contributed by atoms with E-state index in [0.29, 0.717) is 11.4 Å². The summed E-state index contributed by atoms with van der Waals surface area (Å²) >= 11 is 1.61. The first-order chi connectivity index (χ1) is 12.6. The molecule has 0 aliphatic carbocycles. The second-order valence-corrected chi connectivity index (χ2v) is 7.20. The Labute approximate surface area is 155 Å². The second-order valence-electron chi connectivity index (χ2n) is 6.26. The normalized spacial score (nSPS) is 11.2. The van der Waals surface area contributed by atoms with Crippen molar-refractivity contribution in [3.63, 3.8) is 0 Å². The molecule has 4 aromatic heterocycles. The van der Waals surface area contributed by atoms with E-state index in [2.05, 4.69) is 28.7 Å². The zero-order chi connectivity index (χ0) is 18.1. The van der Waals surface area contributed by atoms with Crippen molar-refractivity contribution in [1.82, 2.24) is 14.5 Å². The molecule has 0 aromatic carbocycles. The molecule has 0 saturated heterocycles. The van der Waals surface area contributed by atoms with Gasteiger partial charge in [0.25, 0.3) is 5.91 Å². The number of pyridine rings is 2. The number of fused-ring (bicyclic) bond motifs is 1. The maximum atomic E-state index is 12.9. The predicted octanol–water partition coefficient (Wildman–Crippen LogP) is 4.99. The van der Waals surface area contributed by atoms with Crippen molar-refractivity contribution in [2.24, 2.45) is 0 Å². The van der Waals surface area contributed by atoms with E-state index in [1.807, 2.05) is 48.0 Å². The lowest BCUT2D eigenvalue weighted by Gasteiger charge is -2.11. The predicted molar refractivity (Wildman–Crippen MR) is 106 cm³/mol. The Hall–Kier alpha value is -2.99. The Morgan fingerprint density at radius 2 is 2.08 bits per heavy atom. The van der Waals surface area contributed by atoms with Crippen LogP contribution in [0.4, 0.5) is 5.82 Å². The molecule has 6 heteroatoms. The quantitative estimate of drug-likeness (QED) is 0.556. The minimum Gasteiger partial charge on any atom is -0.330 e. The molecule has 0 spiro atoms. The van der Waals surface area contributed by atoms with Gasteiger partial charge in [-0.3, -0.25) is 4.79 Å². The monoisotopic (exact) mass is 362 g/mol. The van der Waals surface area contributed by atoms with Gasteiger partial charge < -0.3 is 9.88 Å². The molecule has 0 unspecified atom stereocenters. The first-order valence-electron chi connectivity index (χ1n) is 8.41. The van der Waals surface area contributed by atoms with Gasteiger partial charge in [-0.1, -0.05) is 12.1 Å².